The van der Waals surface area contributed by atoms with Crippen LogP contribution in [0.4, 0.5) is 0 Å². The largest absolute Gasteiger partial charge is 0.508 e. The molecule has 0 aliphatic carbocycles. The van der Waals surface area contributed by atoms with E-state index >= 15 is 0 Å². The zero-order valence-corrected chi connectivity index (χ0v) is 20.1. The molecule has 2 heterocycles. The average Bonchev–Trinajstić information content (AvgIpc) is 3.49. The molecule has 0 atom stereocenters. The Kier molecular flexibility index (Phi) is 5.56. The molecule has 0 amide bonds. The Morgan fingerprint density at radius 1 is 0.571 bits per heavy atom. The van der Waals surface area contributed by atoms with Crippen LogP contribution in [-0.4, -0.2) is 50.6 Å². The third-order valence-electron chi connectivity index (χ3n) is 6.23. The van der Waals surface area contributed by atoms with Crippen LogP contribution in [0, 0.1) is 0 Å². The molecule has 0 spiro atoms. The molecule has 5 rings (SSSR count). The number of aromatic amines is 2. The van der Waals surface area contributed by atoms with Gasteiger partial charge in [-0.25, -0.2) is 0 Å². The number of methoxy groups -OCH3 is 5. The highest BCUT2D eigenvalue weighted by Crippen LogP contribution is 2.58. The van der Waals surface area contributed by atoms with Gasteiger partial charge in [0, 0.05) is 45.3 Å². The van der Waals surface area contributed by atoms with Gasteiger partial charge in [-0.15, -0.1) is 0 Å². The Bertz CT molecular complexity index is 1520. The number of hydrogen-bond donors (Lipinski definition) is 3. The van der Waals surface area contributed by atoms with Gasteiger partial charge in [0.25, 0.3) is 0 Å². The first-order valence-electron chi connectivity index (χ1n) is 10.9. The summed E-state index contributed by atoms with van der Waals surface area (Å²) >= 11 is 0. The molecule has 8 heteroatoms. The molecule has 8 nitrogen and oxygen atoms in total. The van der Waals surface area contributed by atoms with Crippen LogP contribution in [0.1, 0.15) is 0 Å². The van der Waals surface area contributed by atoms with Crippen molar-refractivity contribution < 1.29 is 28.8 Å². The van der Waals surface area contributed by atoms with Crippen LogP contribution in [0.15, 0.2) is 48.8 Å². The fraction of sp³-hybridized carbons (Fsp3) is 0.185. The molecule has 35 heavy (non-hydrogen) atoms. The van der Waals surface area contributed by atoms with Crippen LogP contribution in [0.3, 0.4) is 0 Å². The van der Waals surface area contributed by atoms with Crippen molar-refractivity contribution in [3.63, 3.8) is 0 Å². The Balaban J connectivity index is 1.90. The van der Waals surface area contributed by atoms with E-state index in [0.717, 1.165) is 38.7 Å². The number of hydrogen-bond acceptors (Lipinski definition) is 6. The summed E-state index contributed by atoms with van der Waals surface area (Å²) in [4.78, 5) is 6.55. The Morgan fingerprint density at radius 3 is 1.49 bits per heavy atom. The fourth-order valence-corrected chi connectivity index (χ4v) is 4.68. The van der Waals surface area contributed by atoms with E-state index in [1.165, 1.54) is 0 Å². The second-order valence-corrected chi connectivity index (χ2v) is 7.93. The predicted octanol–water partition coefficient (Wildman–Crippen LogP) is 5.73. The SMILES string of the molecule is COc1ccc2[nH]cc(-c3c(OC)c(OC)c(-c4c[nH]c5ccc(O)cc45)c(OC)c3OC)c2c1. The molecule has 3 aromatic carbocycles. The van der Waals surface area contributed by atoms with E-state index in [1.54, 1.807) is 47.7 Å². The molecular weight excluding hydrogens is 448 g/mol. The maximum absolute atomic E-state index is 10.1. The molecule has 0 unspecified atom stereocenters. The summed E-state index contributed by atoms with van der Waals surface area (Å²) in [6.45, 7) is 0. The van der Waals surface area contributed by atoms with E-state index in [-0.39, 0.29) is 5.75 Å². The molecule has 2 aromatic heterocycles. The van der Waals surface area contributed by atoms with Crippen LogP contribution >= 0.6 is 0 Å². The topological polar surface area (TPSA) is 98.0 Å². The quantitative estimate of drug-likeness (QED) is 0.279. The Labute approximate surface area is 202 Å². The van der Waals surface area contributed by atoms with Gasteiger partial charge < -0.3 is 38.8 Å². The van der Waals surface area contributed by atoms with Crippen molar-refractivity contribution in [3.8, 4) is 56.8 Å². The third-order valence-corrected chi connectivity index (χ3v) is 6.23. The highest BCUT2D eigenvalue weighted by Gasteiger charge is 2.31. The van der Waals surface area contributed by atoms with Crippen molar-refractivity contribution in [2.24, 2.45) is 0 Å². The summed E-state index contributed by atoms with van der Waals surface area (Å²) in [7, 11) is 7.98. The zero-order valence-electron chi connectivity index (χ0n) is 20.1. The molecule has 0 saturated heterocycles. The van der Waals surface area contributed by atoms with Crippen molar-refractivity contribution >= 4 is 21.8 Å². The molecule has 0 aliphatic heterocycles. The summed E-state index contributed by atoms with van der Waals surface area (Å²) < 4.78 is 29.2. The summed E-state index contributed by atoms with van der Waals surface area (Å²) in [5.74, 6) is 2.80. The van der Waals surface area contributed by atoms with Gasteiger partial charge >= 0.3 is 0 Å². The standard InChI is InChI=1S/C27H26N2O6/c1-31-15-7-9-21-17(11-15)19(13-29-21)23-26(34-4)24(32-2)22(25(33-3)27(23)35-5)18-12-28-20-8-6-14(30)10-16(18)20/h6-13,28-30H,1-5H3. The van der Waals surface area contributed by atoms with E-state index in [2.05, 4.69) is 9.97 Å². The van der Waals surface area contributed by atoms with Crippen molar-refractivity contribution in [1.29, 1.82) is 0 Å². The number of phenolic OH excluding ortho intramolecular Hbond substituents is 1. The monoisotopic (exact) mass is 474 g/mol. The van der Waals surface area contributed by atoms with Crippen molar-refractivity contribution in [1.82, 2.24) is 9.97 Å². The number of nitrogens with one attached hydrogen (secondary N) is 2. The van der Waals surface area contributed by atoms with Gasteiger partial charge in [0.15, 0.2) is 23.0 Å². The Hall–Kier alpha value is -4.46. The summed E-state index contributed by atoms with van der Waals surface area (Å²) in [5, 5.41) is 11.9. The lowest BCUT2D eigenvalue weighted by molar-refractivity contribution is 0.333. The first-order valence-corrected chi connectivity index (χ1v) is 10.9. The van der Waals surface area contributed by atoms with Crippen molar-refractivity contribution in [2.75, 3.05) is 35.5 Å². The molecule has 0 aliphatic rings. The molecule has 0 radical (unpaired) electrons. The van der Waals surface area contributed by atoms with Crippen LogP contribution in [-0.2, 0) is 0 Å². The first-order chi connectivity index (χ1) is 17.1. The normalized spacial score (nSPS) is 11.1. The lowest BCUT2D eigenvalue weighted by atomic mass is 9.94. The highest BCUT2D eigenvalue weighted by atomic mass is 16.5. The lowest BCUT2D eigenvalue weighted by Crippen LogP contribution is -2.02. The highest BCUT2D eigenvalue weighted by molar-refractivity contribution is 6.06. The van der Waals surface area contributed by atoms with Crippen LogP contribution in [0.25, 0.3) is 44.1 Å². The number of benzene rings is 3. The van der Waals surface area contributed by atoms with Gasteiger partial charge in [0.05, 0.1) is 46.7 Å². The zero-order chi connectivity index (χ0) is 24.7. The summed E-state index contributed by atoms with van der Waals surface area (Å²) in [6.07, 6.45) is 3.74. The van der Waals surface area contributed by atoms with Crippen LogP contribution < -0.4 is 23.7 Å². The predicted molar refractivity (Wildman–Crippen MR) is 135 cm³/mol. The minimum Gasteiger partial charge on any atom is -0.508 e. The van der Waals surface area contributed by atoms with E-state index in [0.29, 0.717) is 34.1 Å². The van der Waals surface area contributed by atoms with E-state index in [9.17, 15) is 5.11 Å². The number of H-pyrrole nitrogens is 2. The molecule has 180 valence electrons. The van der Waals surface area contributed by atoms with Crippen molar-refractivity contribution in [3.05, 3.63) is 48.8 Å². The molecule has 5 aromatic rings. The van der Waals surface area contributed by atoms with Crippen molar-refractivity contribution in [2.45, 2.75) is 0 Å². The van der Waals surface area contributed by atoms with Gasteiger partial charge in [-0.1, -0.05) is 0 Å². The van der Waals surface area contributed by atoms with Gasteiger partial charge in [-0.2, -0.15) is 0 Å². The third kappa shape index (κ3) is 3.37. The summed E-state index contributed by atoms with van der Waals surface area (Å²) in [5.41, 5.74) is 4.71. The lowest BCUT2D eigenvalue weighted by Gasteiger charge is -2.23. The number of fused-ring (bicyclic) bond motifs is 2. The molecule has 0 saturated carbocycles. The second-order valence-electron chi connectivity index (χ2n) is 7.93. The molecule has 3 N–H and O–H groups in total. The second kappa shape index (κ2) is 8.72. The number of aromatic hydroxyl groups is 1. The van der Waals surface area contributed by atoms with Crippen LogP contribution in [0.5, 0.6) is 34.5 Å². The minimum atomic E-state index is 0.152. The van der Waals surface area contributed by atoms with E-state index in [4.69, 9.17) is 23.7 Å². The number of phenols is 1. The maximum atomic E-state index is 10.1. The molecule has 0 bridgehead atoms. The van der Waals surface area contributed by atoms with E-state index < -0.39 is 0 Å². The van der Waals surface area contributed by atoms with E-state index in [1.807, 2.05) is 36.7 Å². The van der Waals surface area contributed by atoms with Gasteiger partial charge in [0.2, 0.25) is 0 Å². The number of rotatable bonds is 7. The average molecular weight is 475 g/mol. The fourth-order valence-electron chi connectivity index (χ4n) is 4.68. The van der Waals surface area contributed by atoms with Crippen LogP contribution in [0.2, 0.25) is 0 Å². The minimum absolute atomic E-state index is 0.152. The van der Waals surface area contributed by atoms with Gasteiger partial charge in [-0.05, 0) is 36.4 Å². The Morgan fingerprint density at radius 2 is 1.03 bits per heavy atom. The molecular formula is C27H26N2O6. The smallest absolute Gasteiger partial charge is 0.173 e. The first kappa shape index (κ1) is 22.3. The van der Waals surface area contributed by atoms with Gasteiger partial charge in [0.1, 0.15) is 11.5 Å². The summed E-state index contributed by atoms with van der Waals surface area (Å²) in [6, 6.07) is 10.9. The van der Waals surface area contributed by atoms with Gasteiger partial charge in [-0.3, -0.25) is 0 Å². The maximum Gasteiger partial charge on any atom is 0.173 e. The number of aromatic nitrogens is 2. The number of ether oxygens (including phenoxy) is 5. The molecule has 0 fully saturated rings.